The number of rotatable bonds is 2. The minimum atomic E-state index is 0.193. The minimum Gasteiger partial charge on any atom is -0.368 e. The van der Waals surface area contributed by atoms with Gasteiger partial charge in [-0.05, 0) is 30.0 Å². The Hall–Kier alpha value is -1.51. The van der Waals surface area contributed by atoms with Crippen LogP contribution < -0.4 is 4.90 Å². The Morgan fingerprint density at radius 2 is 1.81 bits per heavy atom. The zero-order chi connectivity index (χ0) is 15.6. The fraction of sp³-hybridized carbons (Fsp3) is 0.611. The lowest BCUT2D eigenvalue weighted by molar-refractivity contribution is -0.133. The highest BCUT2D eigenvalue weighted by Crippen LogP contribution is 2.26. The van der Waals surface area contributed by atoms with E-state index < -0.39 is 0 Å². The average Bonchev–Trinajstić information content (AvgIpc) is 2.45. The summed E-state index contributed by atoms with van der Waals surface area (Å²) in [7, 11) is 0. The molecule has 0 spiro atoms. The van der Waals surface area contributed by atoms with Crippen LogP contribution >= 0.6 is 0 Å². The molecule has 3 heteroatoms. The maximum absolute atomic E-state index is 11.9. The van der Waals surface area contributed by atoms with Crippen molar-refractivity contribution in [3.8, 4) is 0 Å². The molecule has 0 aliphatic carbocycles. The topological polar surface area (TPSA) is 23.6 Å². The Bertz CT molecular complexity index is 487. The van der Waals surface area contributed by atoms with E-state index >= 15 is 0 Å². The van der Waals surface area contributed by atoms with Gasteiger partial charge in [-0.3, -0.25) is 4.79 Å². The van der Waals surface area contributed by atoms with Gasteiger partial charge in [0.2, 0.25) is 5.91 Å². The first kappa shape index (κ1) is 15.9. The summed E-state index contributed by atoms with van der Waals surface area (Å²) in [5.41, 5.74) is 2.82. The fourth-order valence-corrected chi connectivity index (χ4v) is 2.94. The first-order valence-corrected chi connectivity index (χ1v) is 7.98. The molecule has 1 aromatic carbocycles. The summed E-state index contributed by atoms with van der Waals surface area (Å²) in [5.74, 6) is 0.269. The Labute approximate surface area is 128 Å². The molecule has 2 rings (SSSR count). The van der Waals surface area contributed by atoms with E-state index in [1.807, 2.05) is 11.8 Å². The van der Waals surface area contributed by atoms with Gasteiger partial charge >= 0.3 is 0 Å². The quantitative estimate of drug-likeness (QED) is 0.832. The summed E-state index contributed by atoms with van der Waals surface area (Å²) in [6.07, 6.45) is 0.602. The highest BCUT2D eigenvalue weighted by molar-refractivity contribution is 5.76. The molecule has 0 N–H and O–H groups in total. The lowest BCUT2D eigenvalue weighted by atomic mass is 9.87. The molecule has 0 saturated carbocycles. The van der Waals surface area contributed by atoms with Crippen molar-refractivity contribution in [2.75, 3.05) is 24.5 Å². The van der Waals surface area contributed by atoms with Crippen LogP contribution in [0.15, 0.2) is 24.3 Å². The van der Waals surface area contributed by atoms with Crippen molar-refractivity contribution in [1.82, 2.24) is 4.90 Å². The highest BCUT2D eigenvalue weighted by atomic mass is 16.2. The van der Waals surface area contributed by atoms with Crippen LogP contribution in [0.25, 0.3) is 0 Å². The van der Waals surface area contributed by atoms with Gasteiger partial charge in [-0.1, -0.05) is 39.8 Å². The first-order valence-electron chi connectivity index (χ1n) is 7.98. The largest absolute Gasteiger partial charge is 0.368 e. The zero-order valence-electron chi connectivity index (χ0n) is 14.0. The van der Waals surface area contributed by atoms with Gasteiger partial charge in [-0.15, -0.1) is 0 Å². The van der Waals surface area contributed by atoms with Crippen LogP contribution in [0.2, 0.25) is 0 Å². The second-order valence-corrected chi connectivity index (χ2v) is 7.03. The van der Waals surface area contributed by atoms with Crippen LogP contribution in [0.4, 0.5) is 5.69 Å². The maximum Gasteiger partial charge on any atom is 0.222 e. The van der Waals surface area contributed by atoms with E-state index in [-0.39, 0.29) is 17.4 Å². The van der Waals surface area contributed by atoms with E-state index in [1.54, 1.807) is 0 Å². The van der Waals surface area contributed by atoms with Crippen LogP contribution in [0.3, 0.4) is 0 Å². The van der Waals surface area contributed by atoms with Gasteiger partial charge in [-0.25, -0.2) is 0 Å². The van der Waals surface area contributed by atoms with E-state index in [0.29, 0.717) is 6.42 Å². The van der Waals surface area contributed by atoms with Gasteiger partial charge in [0.15, 0.2) is 0 Å². The average molecular weight is 288 g/mol. The summed E-state index contributed by atoms with van der Waals surface area (Å²) >= 11 is 0. The van der Waals surface area contributed by atoms with Crippen molar-refractivity contribution >= 4 is 11.6 Å². The summed E-state index contributed by atoms with van der Waals surface area (Å²) in [5, 5.41) is 0. The lowest BCUT2D eigenvalue weighted by Crippen LogP contribution is -2.54. The summed E-state index contributed by atoms with van der Waals surface area (Å²) < 4.78 is 0. The van der Waals surface area contributed by atoms with Gasteiger partial charge in [0, 0.05) is 37.8 Å². The molecule has 0 aromatic heterocycles. The third-order valence-corrected chi connectivity index (χ3v) is 4.35. The number of carbonyl (C=O) groups is 1. The highest BCUT2D eigenvalue weighted by Gasteiger charge is 2.26. The smallest absolute Gasteiger partial charge is 0.222 e. The van der Waals surface area contributed by atoms with Crippen molar-refractivity contribution in [1.29, 1.82) is 0 Å². The third-order valence-electron chi connectivity index (χ3n) is 4.35. The normalized spacial score (nSPS) is 19.8. The molecule has 1 atom stereocenters. The number of carbonyl (C=O) groups excluding carboxylic acids is 1. The second-order valence-electron chi connectivity index (χ2n) is 7.03. The Morgan fingerprint density at radius 1 is 1.19 bits per heavy atom. The number of nitrogens with zero attached hydrogens (tertiary/aromatic N) is 2. The van der Waals surface area contributed by atoms with Crippen molar-refractivity contribution in [3.05, 3.63) is 29.8 Å². The molecule has 1 amide bonds. The predicted octanol–water partition coefficient (Wildman–Crippen LogP) is 3.43. The third kappa shape index (κ3) is 3.58. The maximum atomic E-state index is 11.9. The lowest BCUT2D eigenvalue weighted by Gasteiger charge is -2.41. The van der Waals surface area contributed by atoms with Gasteiger partial charge in [0.25, 0.3) is 0 Å². The Kier molecular flexibility index (Phi) is 4.60. The number of benzene rings is 1. The summed E-state index contributed by atoms with van der Waals surface area (Å²) in [6.45, 7) is 13.5. The number of piperazine rings is 1. The van der Waals surface area contributed by atoms with Crippen molar-refractivity contribution in [2.45, 2.75) is 52.5 Å². The molecule has 0 bridgehead atoms. The standard InChI is InChI=1S/C18H28N2O/c1-6-17(21)20-12-11-19(13-14(20)2)16-9-7-15(8-10-16)18(3,4)5/h7-10,14H,6,11-13H2,1-5H3. The SMILES string of the molecule is CCC(=O)N1CCN(c2ccc(C(C)(C)C)cc2)CC1C. The minimum absolute atomic E-state index is 0.193. The summed E-state index contributed by atoms with van der Waals surface area (Å²) in [4.78, 5) is 16.3. The van der Waals surface area contributed by atoms with E-state index in [1.165, 1.54) is 11.3 Å². The van der Waals surface area contributed by atoms with E-state index in [4.69, 9.17) is 0 Å². The number of hydrogen-bond acceptors (Lipinski definition) is 2. The second kappa shape index (κ2) is 6.08. The molecule has 1 saturated heterocycles. The molecule has 1 aliphatic rings. The number of amides is 1. The molecule has 1 fully saturated rings. The molecule has 1 aliphatic heterocycles. The monoisotopic (exact) mass is 288 g/mol. The van der Waals surface area contributed by atoms with Crippen LogP contribution in [0, 0.1) is 0 Å². The molecule has 1 unspecified atom stereocenters. The van der Waals surface area contributed by atoms with E-state index in [2.05, 4.69) is 56.9 Å². The zero-order valence-corrected chi connectivity index (χ0v) is 14.0. The molecule has 1 aromatic rings. The number of anilines is 1. The molecule has 116 valence electrons. The molecule has 1 heterocycles. The predicted molar refractivity (Wildman–Crippen MR) is 88.8 cm³/mol. The molecule has 0 radical (unpaired) electrons. The molecule has 21 heavy (non-hydrogen) atoms. The Morgan fingerprint density at radius 3 is 2.29 bits per heavy atom. The number of hydrogen-bond donors (Lipinski definition) is 0. The van der Waals surface area contributed by atoms with Gasteiger partial charge < -0.3 is 9.80 Å². The van der Waals surface area contributed by atoms with Crippen LogP contribution in [0.5, 0.6) is 0 Å². The molecule has 3 nitrogen and oxygen atoms in total. The Balaban J connectivity index is 2.06. The van der Waals surface area contributed by atoms with Gasteiger partial charge in [0.05, 0.1) is 0 Å². The van der Waals surface area contributed by atoms with Crippen molar-refractivity contribution in [2.24, 2.45) is 0 Å². The van der Waals surface area contributed by atoms with Gasteiger partial charge in [0.1, 0.15) is 0 Å². The van der Waals surface area contributed by atoms with E-state index in [0.717, 1.165) is 19.6 Å². The van der Waals surface area contributed by atoms with E-state index in [9.17, 15) is 4.79 Å². The summed E-state index contributed by atoms with van der Waals surface area (Å²) in [6, 6.07) is 9.16. The van der Waals surface area contributed by atoms with Crippen LogP contribution in [-0.4, -0.2) is 36.5 Å². The van der Waals surface area contributed by atoms with Crippen LogP contribution in [0.1, 0.15) is 46.6 Å². The molecular weight excluding hydrogens is 260 g/mol. The molecular formula is C18H28N2O. The first-order chi connectivity index (χ1) is 9.82. The van der Waals surface area contributed by atoms with Crippen molar-refractivity contribution in [3.63, 3.8) is 0 Å². The van der Waals surface area contributed by atoms with Crippen LogP contribution in [-0.2, 0) is 10.2 Å². The fourth-order valence-electron chi connectivity index (χ4n) is 2.94. The van der Waals surface area contributed by atoms with Crippen molar-refractivity contribution < 1.29 is 4.79 Å². The van der Waals surface area contributed by atoms with Gasteiger partial charge in [-0.2, -0.15) is 0 Å².